The van der Waals surface area contributed by atoms with Crippen LogP contribution >= 0.6 is 11.3 Å². The Bertz CT molecular complexity index is 709. The molecule has 0 aliphatic heterocycles. The van der Waals surface area contributed by atoms with Gasteiger partial charge < -0.3 is 16.4 Å². The molecule has 2 rings (SSSR count). The van der Waals surface area contributed by atoms with Crippen LogP contribution in [0.2, 0.25) is 0 Å². The fraction of sp³-hybridized carbons (Fsp3) is 0.250. The lowest BCUT2D eigenvalue weighted by Gasteiger charge is -2.17. The number of carbonyl (C=O) groups excluding carboxylic acids is 2. The van der Waals surface area contributed by atoms with Gasteiger partial charge in [-0.15, -0.1) is 11.3 Å². The summed E-state index contributed by atoms with van der Waals surface area (Å²) in [6, 6.07) is 7.19. The molecule has 0 saturated heterocycles. The number of anilines is 2. The van der Waals surface area contributed by atoms with Gasteiger partial charge in [0, 0.05) is 5.69 Å². The highest BCUT2D eigenvalue weighted by atomic mass is 32.1. The lowest BCUT2D eigenvalue weighted by molar-refractivity contribution is -0.116. The summed E-state index contributed by atoms with van der Waals surface area (Å²) < 4.78 is 0. The quantitative estimate of drug-likeness (QED) is 0.793. The van der Waals surface area contributed by atoms with E-state index in [0.717, 1.165) is 16.8 Å². The van der Waals surface area contributed by atoms with Crippen LogP contribution in [0.1, 0.15) is 28.4 Å². The molecule has 0 bridgehead atoms. The molecule has 6 heteroatoms. The molecule has 0 fully saturated rings. The number of benzene rings is 1. The Morgan fingerprint density at radius 3 is 2.64 bits per heavy atom. The van der Waals surface area contributed by atoms with E-state index in [0.29, 0.717) is 10.6 Å². The summed E-state index contributed by atoms with van der Waals surface area (Å²) >= 11 is 1.27. The zero-order valence-corrected chi connectivity index (χ0v) is 13.6. The van der Waals surface area contributed by atoms with Crippen molar-refractivity contribution < 1.29 is 9.59 Å². The largest absolute Gasteiger partial charge is 0.374 e. The van der Waals surface area contributed by atoms with E-state index in [4.69, 9.17) is 5.73 Å². The van der Waals surface area contributed by atoms with Gasteiger partial charge in [0.15, 0.2) is 0 Å². The Morgan fingerprint density at radius 1 is 1.23 bits per heavy atom. The lowest BCUT2D eigenvalue weighted by Crippen LogP contribution is -2.32. The van der Waals surface area contributed by atoms with Gasteiger partial charge in [-0.2, -0.15) is 0 Å². The van der Waals surface area contributed by atoms with Gasteiger partial charge in [-0.05, 0) is 49.4 Å². The summed E-state index contributed by atoms with van der Waals surface area (Å²) in [5, 5.41) is 8.13. The van der Waals surface area contributed by atoms with Crippen molar-refractivity contribution in [3.05, 3.63) is 46.3 Å². The Morgan fingerprint density at radius 2 is 1.95 bits per heavy atom. The maximum atomic E-state index is 12.3. The first kappa shape index (κ1) is 16.0. The number of aryl methyl sites for hydroxylation is 2. The van der Waals surface area contributed by atoms with Crippen LogP contribution in [0.3, 0.4) is 0 Å². The number of amides is 2. The highest BCUT2D eigenvalue weighted by Gasteiger charge is 2.17. The van der Waals surface area contributed by atoms with Gasteiger partial charge in [0.1, 0.15) is 11.0 Å². The summed E-state index contributed by atoms with van der Waals surface area (Å²) in [4.78, 5) is 23.5. The Balaban J connectivity index is 2.08. The van der Waals surface area contributed by atoms with E-state index >= 15 is 0 Å². The minimum Gasteiger partial charge on any atom is -0.374 e. The van der Waals surface area contributed by atoms with Crippen LogP contribution in [0.5, 0.6) is 0 Å². The fourth-order valence-corrected chi connectivity index (χ4v) is 2.81. The molecule has 116 valence electrons. The van der Waals surface area contributed by atoms with E-state index < -0.39 is 11.9 Å². The molecular formula is C16H19N3O2S. The van der Waals surface area contributed by atoms with Crippen LogP contribution in [0, 0.1) is 13.8 Å². The van der Waals surface area contributed by atoms with Gasteiger partial charge in [0.2, 0.25) is 5.91 Å². The van der Waals surface area contributed by atoms with Gasteiger partial charge in [-0.25, -0.2) is 0 Å². The lowest BCUT2D eigenvalue weighted by atomic mass is 10.1. The van der Waals surface area contributed by atoms with Crippen molar-refractivity contribution in [2.24, 2.45) is 5.73 Å². The smallest absolute Gasteiger partial charge is 0.251 e. The Hall–Kier alpha value is -2.34. The number of carbonyl (C=O) groups is 2. The second-order valence-corrected chi connectivity index (χ2v) is 6.12. The van der Waals surface area contributed by atoms with Crippen LogP contribution in [0.15, 0.2) is 29.6 Å². The van der Waals surface area contributed by atoms with E-state index in [1.165, 1.54) is 11.3 Å². The highest BCUT2D eigenvalue weighted by Crippen LogP contribution is 2.23. The SMILES string of the molecule is Cc1ccc(C)c(NC(C)C(=O)Nc2sccc2C(N)=O)c1. The van der Waals surface area contributed by atoms with Crippen LogP contribution in [0.25, 0.3) is 0 Å². The molecule has 0 aliphatic carbocycles. The molecule has 0 radical (unpaired) electrons. The van der Waals surface area contributed by atoms with E-state index in [9.17, 15) is 9.59 Å². The van der Waals surface area contributed by atoms with Crippen LogP contribution in [-0.4, -0.2) is 17.9 Å². The zero-order valence-electron chi connectivity index (χ0n) is 12.8. The van der Waals surface area contributed by atoms with Crippen molar-refractivity contribution in [2.45, 2.75) is 26.8 Å². The number of thiophene rings is 1. The molecule has 2 aromatic rings. The van der Waals surface area contributed by atoms with Crippen LogP contribution in [0.4, 0.5) is 10.7 Å². The van der Waals surface area contributed by atoms with Crippen molar-refractivity contribution in [1.29, 1.82) is 0 Å². The standard InChI is InChI=1S/C16H19N3O2S/c1-9-4-5-10(2)13(8-9)18-11(3)15(21)19-16-12(14(17)20)6-7-22-16/h4-8,11,18H,1-3H3,(H2,17,20)(H,19,21). The number of rotatable bonds is 5. The molecule has 1 aromatic carbocycles. The number of hydrogen-bond donors (Lipinski definition) is 3. The first-order valence-corrected chi connectivity index (χ1v) is 7.78. The van der Waals surface area contributed by atoms with E-state index in [1.54, 1.807) is 18.4 Å². The molecule has 0 spiro atoms. The molecule has 1 unspecified atom stereocenters. The summed E-state index contributed by atoms with van der Waals surface area (Å²) in [7, 11) is 0. The maximum Gasteiger partial charge on any atom is 0.251 e. The summed E-state index contributed by atoms with van der Waals surface area (Å²) in [6.07, 6.45) is 0. The van der Waals surface area contributed by atoms with Crippen molar-refractivity contribution in [3.63, 3.8) is 0 Å². The minimum atomic E-state index is -0.549. The predicted molar refractivity (Wildman–Crippen MR) is 90.5 cm³/mol. The van der Waals surface area contributed by atoms with E-state index in [1.807, 2.05) is 32.0 Å². The molecule has 5 nitrogen and oxygen atoms in total. The van der Waals surface area contributed by atoms with E-state index in [2.05, 4.69) is 10.6 Å². The van der Waals surface area contributed by atoms with Crippen LogP contribution < -0.4 is 16.4 Å². The number of primary amides is 1. The van der Waals surface area contributed by atoms with Crippen molar-refractivity contribution >= 4 is 33.8 Å². The molecular weight excluding hydrogens is 298 g/mol. The fourth-order valence-electron chi connectivity index (χ4n) is 2.01. The van der Waals surface area contributed by atoms with Gasteiger partial charge in [-0.3, -0.25) is 9.59 Å². The van der Waals surface area contributed by atoms with Crippen molar-refractivity contribution in [2.75, 3.05) is 10.6 Å². The molecule has 1 heterocycles. The first-order chi connectivity index (χ1) is 10.4. The van der Waals surface area contributed by atoms with Crippen LogP contribution in [-0.2, 0) is 4.79 Å². The summed E-state index contributed by atoms with van der Waals surface area (Å²) in [6.45, 7) is 5.76. The van der Waals surface area contributed by atoms with Crippen molar-refractivity contribution in [3.8, 4) is 0 Å². The monoisotopic (exact) mass is 317 g/mol. The third kappa shape index (κ3) is 3.65. The maximum absolute atomic E-state index is 12.3. The van der Waals surface area contributed by atoms with Gasteiger partial charge in [0.25, 0.3) is 5.91 Å². The molecule has 2 amide bonds. The zero-order chi connectivity index (χ0) is 16.3. The number of hydrogen-bond acceptors (Lipinski definition) is 4. The molecule has 0 aliphatic rings. The molecule has 0 saturated carbocycles. The molecule has 1 aromatic heterocycles. The summed E-state index contributed by atoms with van der Waals surface area (Å²) in [5.41, 5.74) is 8.71. The van der Waals surface area contributed by atoms with E-state index in [-0.39, 0.29) is 5.91 Å². The van der Waals surface area contributed by atoms with Gasteiger partial charge >= 0.3 is 0 Å². The average Bonchev–Trinajstić information content (AvgIpc) is 2.91. The molecule has 4 N–H and O–H groups in total. The second-order valence-electron chi connectivity index (χ2n) is 5.20. The molecule has 1 atom stereocenters. The van der Waals surface area contributed by atoms with Gasteiger partial charge in [0.05, 0.1) is 5.56 Å². The predicted octanol–water partition coefficient (Wildman–Crippen LogP) is 2.90. The first-order valence-electron chi connectivity index (χ1n) is 6.90. The normalized spacial score (nSPS) is 11.8. The second kappa shape index (κ2) is 6.62. The van der Waals surface area contributed by atoms with Crippen molar-refractivity contribution in [1.82, 2.24) is 0 Å². The highest BCUT2D eigenvalue weighted by molar-refractivity contribution is 7.14. The molecule has 22 heavy (non-hydrogen) atoms. The third-order valence-electron chi connectivity index (χ3n) is 3.33. The average molecular weight is 317 g/mol. The number of nitrogens with one attached hydrogen (secondary N) is 2. The van der Waals surface area contributed by atoms with Gasteiger partial charge in [-0.1, -0.05) is 12.1 Å². The topological polar surface area (TPSA) is 84.2 Å². The Labute approximate surface area is 133 Å². The summed E-state index contributed by atoms with van der Waals surface area (Å²) in [5.74, 6) is -0.766. The number of nitrogens with two attached hydrogens (primary N) is 1. The minimum absolute atomic E-state index is 0.217. The third-order valence-corrected chi connectivity index (χ3v) is 4.16. The Kier molecular flexibility index (Phi) is 4.82.